The molecule has 1 aliphatic rings. The first-order valence-electron chi connectivity index (χ1n) is 12.7. The largest absolute Gasteiger partial charge is 0.488 e. The molecule has 0 unspecified atom stereocenters. The number of nitrogens with zero attached hydrogens (tertiary/aromatic N) is 2. The summed E-state index contributed by atoms with van der Waals surface area (Å²) in [5.74, 6) is -0.546. The van der Waals surface area contributed by atoms with Crippen LogP contribution in [0.5, 0.6) is 5.75 Å². The summed E-state index contributed by atoms with van der Waals surface area (Å²) in [6.45, 7) is 5.34. The Labute approximate surface area is 239 Å². The molecule has 2 N–H and O–H groups in total. The summed E-state index contributed by atoms with van der Waals surface area (Å²) >= 11 is 1.07. The summed E-state index contributed by atoms with van der Waals surface area (Å²) in [4.78, 5) is 15.3. The number of amides is 1. The van der Waals surface area contributed by atoms with Crippen molar-refractivity contribution in [2.24, 2.45) is 5.92 Å². The number of aliphatic hydroxyl groups excluding tert-OH is 1. The van der Waals surface area contributed by atoms with Crippen molar-refractivity contribution in [3.8, 4) is 5.75 Å². The number of likely N-dealkylation sites (N-methyl/N-ethyl adjacent to an activating group) is 1. The molecule has 3 aromatic rings. The summed E-state index contributed by atoms with van der Waals surface area (Å²) < 4.78 is 62.2. The van der Waals surface area contributed by atoms with Gasteiger partial charge in [-0.05, 0) is 55.6 Å². The third-order valence-electron chi connectivity index (χ3n) is 6.84. The van der Waals surface area contributed by atoms with Gasteiger partial charge in [0.15, 0.2) is 0 Å². The van der Waals surface area contributed by atoms with E-state index in [9.17, 15) is 26.7 Å². The van der Waals surface area contributed by atoms with Crippen LogP contribution >= 0.6 is 11.3 Å². The van der Waals surface area contributed by atoms with Crippen molar-refractivity contribution < 1.29 is 31.5 Å². The van der Waals surface area contributed by atoms with Crippen molar-refractivity contribution in [1.29, 1.82) is 0 Å². The second-order valence-electron chi connectivity index (χ2n) is 9.97. The quantitative estimate of drug-likeness (QED) is 0.381. The zero-order chi connectivity index (χ0) is 29.2. The van der Waals surface area contributed by atoms with E-state index in [1.54, 1.807) is 42.6 Å². The number of carbonyl (C=O) groups is 1. The molecule has 40 heavy (non-hydrogen) atoms. The first-order chi connectivity index (χ1) is 18.8. The van der Waals surface area contributed by atoms with Gasteiger partial charge in [-0.15, -0.1) is 11.3 Å². The van der Waals surface area contributed by atoms with Gasteiger partial charge in [0.1, 0.15) is 16.1 Å². The van der Waals surface area contributed by atoms with Gasteiger partial charge < -0.3 is 14.7 Å². The number of hydrogen-bond acceptors (Lipinski definition) is 8. The number of sulfonamides is 2. The third kappa shape index (κ3) is 6.33. The highest BCUT2D eigenvalue weighted by atomic mass is 32.2. The highest BCUT2D eigenvalue weighted by Gasteiger charge is 2.35. The molecule has 1 amide bonds. The monoisotopic (exact) mass is 607 g/mol. The van der Waals surface area contributed by atoms with E-state index in [-0.39, 0.29) is 51.7 Å². The van der Waals surface area contributed by atoms with Gasteiger partial charge in [0, 0.05) is 25.2 Å². The minimum atomic E-state index is -3.86. The van der Waals surface area contributed by atoms with Crippen molar-refractivity contribution in [3.63, 3.8) is 0 Å². The van der Waals surface area contributed by atoms with Gasteiger partial charge in [-0.1, -0.05) is 30.7 Å². The molecule has 4 rings (SSSR count). The number of aryl methyl sites for hydroxylation is 1. The molecule has 1 aliphatic heterocycles. The Balaban J connectivity index is 1.68. The maximum Gasteiger partial charge on any atom is 0.271 e. The van der Waals surface area contributed by atoms with Crippen molar-refractivity contribution in [3.05, 3.63) is 71.1 Å². The Kier molecular flexibility index (Phi) is 8.90. The molecule has 10 nitrogen and oxygen atoms in total. The molecule has 0 spiro atoms. The van der Waals surface area contributed by atoms with Crippen LogP contribution in [0.3, 0.4) is 0 Å². The van der Waals surface area contributed by atoms with Crippen LogP contribution in [0.2, 0.25) is 0 Å². The number of nitrogens with one attached hydrogen (secondary N) is 1. The van der Waals surface area contributed by atoms with Gasteiger partial charge in [-0.25, -0.2) is 16.8 Å². The van der Waals surface area contributed by atoms with Gasteiger partial charge in [0.2, 0.25) is 10.0 Å². The van der Waals surface area contributed by atoms with E-state index in [0.29, 0.717) is 0 Å². The molecule has 0 aliphatic carbocycles. The van der Waals surface area contributed by atoms with E-state index < -0.39 is 38.1 Å². The summed E-state index contributed by atoms with van der Waals surface area (Å²) in [5.41, 5.74) is 1.22. The first-order valence-corrected chi connectivity index (χ1v) is 16.5. The normalized spacial score (nSPS) is 18.9. The number of ether oxygens (including phenoxy) is 1. The molecular formula is C27H33N3O7S3. The fraction of sp³-hybridized carbons (Fsp3) is 0.370. The molecule has 13 heteroatoms. The van der Waals surface area contributed by atoms with Gasteiger partial charge in [0.25, 0.3) is 15.9 Å². The number of carbonyl (C=O) groups excluding carboxylic acids is 1. The van der Waals surface area contributed by atoms with Crippen LogP contribution in [0, 0.1) is 12.8 Å². The summed E-state index contributed by atoms with van der Waals surface area (Å²) in [6, 6.07) is 13.5. The molecule has 0 fully saturated rings. The van der Waals surface area contributed by atoms with Crippen molar-refractivity contribution in [2.75, 3.05) is 31.5 Å². The van der Waals surface area contributed by atoms with Crippen LogP contribution in [0.1, 0.15) is 29.8 Å². The fourth-order valence-electron chi connectivity index (χ4n) is 4.37. The number of thiophene rings is 1. The standard InChI is InChI=1S/C27H33N3O7S3/c1-18-7-10-22(11-8-18)40(35,36)29(4)16-25-19(2)15-30(20(3)17-31)27(32)23-14-21(9-12-24(23)37-25)28-39(33,34)26-6-5-13-38-26/h5-14,19-20,25,28,31H,15-17H2,1-4H3/t19-,20+,25+/m0/s1. The van der Waals surface area contributed by atoms with E-state index in [1.165, 1.54) is 40.5 Å². The predicted octanol–water partition coefficient (Wildman–Crippen LogP) is 3.40. The summed E-state index contributed by atoms with van der Waals surface area (Å²) in [7, 11) is -6.19. The first kappa shape index (κ1) is 30.0. The Bertz CT molecular complexity index is 1560. The van der Waals surface area contributed by atoms with Crippen LogP contribution in [0.25, 0.3) is 0 Å². The Hall–Kier alpha value is -2.97. The van der Waals surface area contributed by atoms with Crippen molar-refractivity contribution >= 4 is 43.0 Å². The molecule has 2 heterocycles. The topological polar surface area (TPSA) is 133 Å². The van der Waals surface area contributed by atoms with Gasteiger partial charge >= 0.3 is 0 Å². The Morgan fingerprint density at radius 1 is 1.15 bits per heavy atom. The lowest BCUT2D eigenvalue weighted by Crippen LogP contribution is -2.50. The molecule has 0 bridgehead atoms. The Morgan fingerprint density at radius 2 is 1.85 bits per heavy atom. The number of fused-ring (bicyclic) bond motifs is 1. The maximum atomic E-state index is 13.6. The third-order valence-corrected chi connectivity index (χ3v) is 11.5. The van der Waals surface area contributed by atoms with E-state index >= 15 is 0 Å². The molecule has 1 aromatic heterocycles. The second-order valence-corrected chi connectivity index (χ2v) is 14.9. The molecule has 0 saturated carbocycles. The fourth-order valence-corrected chi connectivity index (χ4v) is 7.59. The zero-order valence-electron chi connectivity index (χ0n) is 22.6. The molecule has 2 aromatic carbocycles. The van der Waals surface area contributed by atoms with Crippen LogP contribution in [0.15, 0.2) is 69.1 Å². The SMILES string of the molecule is Cc1ccc(S(=O)(=O)N(C)C[C@H]2Oc3ccc(NS(=O)(=O)c4cccs4)cc3C(=O)N([C@H](C)CO)C[C@@H]2C)cc1. The van der Waals surface area contributed by atoms with Crippen LogP contribution in [-0.4, -0.2) is 75.9 Å². The number of benzene rings is 2. The predicted molar refractivity (Wildman–Crippen MR) is 154 cm³/mol. The van der Waals surface area contributed by atoms with Gasteiger partial charge in [-0.3, -0.25) is 9.52 Å². The lowest BCUT2D eigenvalue weighted by atomic mass is 9.99. The van der Waals surface area contributed by atoms with Crippen LogP contribution < -0.4 is 9.46 Å². The van der Waals surface area contributed by atoms with E-state index in [0.717, 1.165) is 16.9 Å². The smallest absolute Gasteiger partial charge is 0.271 e. The molecule has 0 radical (unpaired) electrons. The van der Waals surface area contributed by atoms with Crippen molar-refractivity contribution in [1.82, 2.24) is 9.21 Å². The minimum absolute atomic E-state index is 0.000882. The maximum absolute atomic E-state index is 13.6. The summed E-state index contributed by atoms with van der Waals surface area (Å²) in [5, 5.41) is 11.5. The number of hydrogen-bond donors (Lipinski definition) is 2. The lowest BCUT2D eigenvalue weighted by molar-refractivity contribution is 0.0387. The number of aliphatic hydroxyl groups is 1. The second kappa shape index (κ2) is 11.9. The molecular weight excluding hydrogens is 575 g/mol. The van der Waals surface area contributed by atoms with Crippen molar-refractivity contribution in [2.45, 2.75) is 42.0 Å². The average molecular weight is 608 g/mol. The van der Waals surface area contributed by atoms with E-state index in [1.807, 2.05) is 13.8 Å². The highest BCUT2D eigenvalue weighted by Crippen LogP contribution is 2.32. The van der Waals surface area contributed by atoms with Gasteiger partial charge in [0.05, 0.1) is 29.7 Å². The Morgan fingerprint density at radius 3 is 2.48 bits per heavy atom. The van der Waals surface area contributed by atoms with Gasteiger partial charge in [-0.2, -0.15) is 4.31 Å². The lowest BCUT2D eigenvalue weighted by Gasteiger charge is -2.38. The molecule has 0 saturated heterocycles. The minimum Gasteiger partial charge on any atom is -0.488 e. The zero-order valence-corrected chi connectivity index (χ0v) is 25.1. The van der Waals surface area contributed by atoms with Crippen LogP contribution in [-0.2, 0) is 20.0 Å². The molecule has 216 valence electrons. The average Bonchev–Trinajstić information content (AvgIpc) is 3.47. The number of rotatable bonds is 9. The van der Waals surface area contributed by atoms with Crippen LogP contribution in [0.4, 0.5) is 5.69 Å². The molecule has 3 atom stereocenters. The highest BCUT2D eigenvalue weighted by molar-refractivity contribution is 7.94. The number of anilines is 1. The summed E-state index contributed by atoms with van der Waals surface area (Å²) in [6.07, 6.45) is -0.654. The van der Waals surface area contributed by atoms with E-state index in [4.69, 9.17) is 4.74 Å². The van der Waals surface area contributed by atoms with E-state index in [2.05, 4.69) is 4.72 Å².